The molecule has 1 N–H and O–H groups in total. The van der Waals surface area contributed by atoms with Crippen molar-refractivity contribution in [1.82, 2.24) is 15.3 Å². The van der Waals surface area contributed by atoms with Crippen LogP contribution in [0, 0.1) is 0 Å². The first-order valence-corrected chi connectivity index (χ1v) is 12.6. The Morgan fingerprint density at radius 1 is 1.15 bits per heavy atom. The first kappa shape index (κ1) is 23.7. The van der Waals surface area contributed by atoms with Crippen LogP contribution >= 0.6 is 0 Å². The third-order valence-corrected chi connectivity index (χ3v) is 6.55. The number of aromatic nitrogens is 2. The molecule has 1 amide bonds. The molecule has 0 aliphatic carbocycles. The highest BCUT2D eigenvalue weighted by atomic mass is 32.2. The minimum Gasteiger partial charge on any atom is -0.488 e. The highest BCUT2D eigenvalue weighted by Gasteiger charge is 2.22. The summed E-state index contributed by atoms with van der Waals surface area (Å²) in [7, 11) is -1.64. The van der Waals surface area contributed by atoms with Crippen molar-refractivity contribution in [2.24, 2.45) is 0 Å². The smallest absolute Gasteiger partial charge is 0.253 e. The average molecular weight is 483 g/mol. The van der Waals surface area contributed by atoms with Crippen LogP contribution in [0.25, 0.3) is 0 Å². The summed E-state index contributed by atoms with van der Waals surface area (Å²) in [5.74, 6) is 0.919. The summed E-state index contributed by atoms with van der Waals surface area (Å²) >= 11 is 0. The lowest BCUT2D eigenvalue weighted by Gasteiger charge is -2.30. The van der Waals surface area contributed by atoms with Crippen LogP contribution in [0.2, 0.25) is 0 Å². The number of hydrogen-bond acceptors (Lipinski definition) is 8. The third kappa shape index (κ3) is 5.52. The maximum absolute atomic E-state index is 12.7. The van der Waals surface area contributed by atoms with E-state index in [0.29, 0.717) is 49.1 Å². The van der Waals surface area contributed by atoms with Gasteiger partial charge < -0.3 is 19.7 Å². The van der Waals surface area contributed by atoms with Crippen molar-refractivity contribution in [3.05, 3.63) is 77.2 Å². The summed E-state index contributed by atoms with van der Waals surface area (Å²) in [6.07, 6.45) is 3.93. The highest BCUT2D eigenvalue weighted by Crippen LogP contribution is 2.31. The monoisotopic (exact) mass is 482 g/mol. The summed E-state index contributed by atoms with van der Waals surface area (Å²) in [4.78, 5) is 23.5. The molecule has 0 unspecified atom stereocenters. The molecule has 0 saturated carbocycles. The minimum absolute atomic E-state index is 0.132. The number of pyridine rings is 2. The second-order valence-corrected chi connectivity index (χ2v) is 9.97. The van der Waals surface area contributed by atoms with Crippen molar-refractivity contribution < 1.29 is 22.7 Å². The van der Waals surface area contributed by atoms with Crippen LogP contribution in [0.1, 0.15) is 27.2 Å². The number of sulfone groups is 1. The quantitative estimate of drug-likeness (QED) is 0.521. The number of carbonyl (C=O) groups excluding carboxylic acids is 1. The van der Waals surface area contributed by atoms with E-state index in [0.717, 1.165) is 17.4 Å². The van der Waals surface area contributed by atoms with Gasteiger partial charge in [0, 0.05) is 32.3 Å². The van der Waals surface area contributed by atoms with Gasteiger partial charge in [-0.1, -0.05) is 24.3 Å². The number of hydrogen-bond donors (Lipinski definition) is 1. The standard InChI is InChI=1S/C24H26N4O5S/c1-32-16-18-6-4-3-5-17(18)15-28-9-10-33-22-11-19(12-26-23(22)28)24(29)27-13-20-7-8-21(14-25-20)34(2,30)31/h3-8,11-12,14H,9-10,13,15-16H2,1-2H3,(H,27,29). The molecule has 3 aromatic rings. The lowest BCUT2D eigenvalue weighted by Crippen LogP contribution is -2.33. The van der Waals surface area contributed by atoms with Gasteiger partial charge in [0.1, 0.15) is 6.61 Å². The summed E-state index contributed by atoms with van der Waals surface area (Å²) in [5, 5.41) is 2.78. The highest BCUT2D eigenvalue weighted by molar-refractivity contribution is 7.90. The Balaban J connectivity index is 1.44. The van der Waals surface area contributed by atoms with Crippen molar-refractivity contribution in [3.8, 4) is 5.75 Å². The predicted octanol–water partition coefficient (Wildman–Crippen LogP) is 2.36. The molecule has 9 nitrogen and oxygen atoms in total. The Morgan fingerprint density at radius 2 is 1.94 bits per heavy atom. The Morgan fingerprint density at radius 3 is 2.65 bits per heavy atom. The van der Waals surface area contributed by atoms with Crippen LogP contribution in [0.5, 0.6) is 5.75 Å². The molecule has 1 aliphatic heterocycles. The van der Waals surface area contributed by atoms with E-state index >= 15 is 0 Å². The number of anilines is 1. The van der Waals surface area contributed by atoms with Crippen LogP contribution in [-0.2, 0) is 34.3 Å². The zero-order valence-corrected chi connectivity index (χ0v) is 19.8. The van der Waals surface area contributed by atoms with Gasteiger partial charge in [0.05, 0.1) is 35.8 Å². The van der Waals surface area contributed by atoms with Gasteiger partial charge in [0.15, 0.2) is 21.4 Å². The molecule has 0 spiro atoms. The molecule has 4 rings (SSSR count). The second-order valence-electron chi connectivity index (χ2n) is 7.96. The fraction of sp³-hybridized carbons (Fsp3) is 0.292. The minimum atomic E-state index is -3.31. The number of fused-ring (bicyclic) bond motifs is 1. The van der Waals surface area contributed by atoms with Gasteiger partial charge in [-0.2, -0.15) is 0 Å². The summed E-state index contributed by atoms with van der Waals surface area (Å²) < 4.78 is 34.2. The molecule has 2 aromatic heterocycles. The second kappa shape index (κ2) is 10.2. The van der Waals surface area contributed by atoms with E-state index in [4.69, 9.17) is 9.47 Å². The number of rotatable bonds is 8. The molecule has 0 bridgehead atoms. The van der Waals surface area contributed by atoms with E-state index in [2.05, 4.69) is 26.3 Å². The van der Waals surface area contributed by atoms with E-state index < -0.39 is 9.84 Å². The zero-order valence-electron chi connectivity index (χ0n) is 19.0. The molecule has 10 heteroatoms. The summed E-state index contributed by atoms with van der Waals surface area (Å²) in [6, 6.07) is 12.8. The van der Waals surface area contributed by atoms with E-state index in [1.54, 1.807) is 19.2 Å². The normalized spacial score (nSPS) is 13.2. The lowest BCUT2D eigenvalue weighted by atomic mass is 10.1. The molecular formula is C24H26N4O5S. The first-order valence-electron chi connectivity index (χ1n) is 10.7. The van der Waals surface area contributed by atoms with Gasteiger partial charge >= 0.3 is 0 Å². The number of benzene rings is 1. The molecule has 34 heavy (non-hydrogen) atoms. The number of nitrogens with one attached hydrogen (secondary N) is 1. The molecule has 178 valence electrons. The van der Waals surface area contributed by atoms with Crippen LogP contribution < -0.4 is 15.0 Å². The van der Waals surface area contributed by atoms with Gasteiger partial charge in [-0.05, 0) is 29.3 Å². The molecule has 3 heterocycles. The molecule has 0 saturated heterocycles. The van der Waals surface area contributed by atoms with E-state index in [-0.39, 0.29) is 17.3 Å². The predicted molar refractivity (Wildman–Crippen MR) is 126 cm³/mol. The largest absolute Gasteiger partial charge is 0.488 e. The number of carbonyl (C=O) groups is 1. The van der Waals surface area contributed by atoms with E-state index in [1.807, 2.05) is 18.2 Å². The number of ether oxygens (including phenoxy) is 2. The maximum Gasteiger partial charge on any atom is 0.253 e. The Bertz CT molecular complexity index is 1280. The van der Waals surface area contributed by atoms with E-state index in [1.165, 1.54) is 18.5 Å². The summed E-state index contributed by atoms with van der Waals surface area (Å²) in [6.45, 7) is 2.52. The lowest BCUT2D eigenvalue weighted by molar-refractivity contribution is 0.0949. The SMILES string of the molecule is COCc1ccccc1CN1CCOc2cc(C(=O)NCc3ccc(S(C)(=O)=O)cn3)cnc21. The molecular weight excluding hydrogens is 456 g/mol. The van der Waals surface area contributed by atoms with Gasteiger partial charge in [-0.3, -0.25) is 9.78 Å². The van der Waals surface area contributed by atoms with Crippen LogP contribution in [0.3, 0.4) is 0 Å². The fourth-order valence-corrected chi connectivity index (χ4v) is 4.21. The van der Waals surface area contributed by atoms with Crippen molar-refractivity contribution in [1.29, 1.82) is 0 Å². The van der Waals surface area contributed by atoms with Crippen molar-refractivity contribution in [3.63, 3.8) is 0 Å². The van der Waals surface area contributed by atoms with Crippen molar-refractivity contribution in [2.45, 2.75) is 24.6 Å². The molecule has 0 fully saturated rings. The number of nitrogens with zero attached hydrogens (tertiary/aromatic N) is 3. The Hall–Kier alpha value is -3.50. The molecule has 1 aliphatic rings. The number of methoxy groups -OCH3 is 1. The Labute approximate surface area is 198 Å². The van der Waals surface area contributed by atoms with Gasteiger partial charge in [0.25, 0.3) is 5.91 Å². The molecule has 0 atom stereocenters. The average Bonchev–Trinajstić information content (AvgIpc) is 2.83. The van der Waals surface area contributed by atoms with E-state index in [9.17, 15) is 13.2 Å². The van der Waals surface area contributed by atoms with Gasteiger partial charge in [0.2, 0.25) is 0 Å². The number of amides is 1. The zero-order chi connectivity index (χ0) is 24.1. The Kier molecular flexibility index (Phi) is 7.09. The van der Waals surface area contributed by atoms with Crippen LogP contribution in [0.15, 0.2) is 59.8 Å². The van der Waals surface area contributed by atoms with Crippen molar-refractivity contribution in [2.75, 3.05) is 31.4 Å². The maximum atomic E-state index is 12.7. The third-order valence-electron chi connectivity index (χ3n) is 5.45. The van der Waals surface area contributed by atoms with Gasteiger partial charge in [-0.25, -0.2) is 13.4 Å². The fourth-order valence-electron chi connectivity index (χ4n) is 3.65. The van der Waals surface area contributed by atoms with Gasteiger partial charge in [-0.15, -0.1) is 0 Å². The van der Waals surface area contributed by atoms with Crippen molar-refractivity contribution >= 4 is 21.6 Å². The molecule has 1 aromatic carbocycles. The topological polar surface area (TPSA) is 111 Å². The van der Waals surface area contributed by atoms with Crippen LogP contribution in [-0.4, -0.2) is 50.8 Å². The van der Waals surface area contributed by atoms with Crippen LogP contribution in [0.4, 0.5) is 5.82 Å². The summed E-state index contributed by atoms with van der Waals surface area (Å²) in [5.41, 5.74) is 3.18. The first-order chi connectivity index (χ1) is 16.3. The molecule has 0 radical (unpaired) electrons.